The standard InChI is InChI=1S/C17H20N2O5S2/c1-5-13-10(2)25-16(14(13)17(21)22)18-15(20)11-6-8-12(9-7-11)26(23,24)19(3)4/h6-9H,5H2,1-4H3,(H,18,20)(H,21,22). The molecule has 0 spiro atoms. The quantitative estimate of drug-likeness (QED) is 0.781. The number of hydrogen-bond donors (Lipinski definition) is 2. The van der Waals surface area contributed by atoms with E-state index in [2.05, 4.69) is 5.32 Å². The van der Waals surface area contributed by atoms with Gasteiger partial charge in [0.05, 0.1) is 10.5 Å². The van der Waals surface area contributed by atoms with Crippen LogP contribution in [0.4, 0.5) is 5.00 Å². The molecule has 0 fully saturated rings. The molecule has 2 N–H and O–H groups in total. The molecule has 0 bridgehead atoms. The fourth-order valence-corrected chi connectivity index (χ4v) is 4.52. The van der Waals surface area contributed by atoms with Gasteiger partial charge in [0.1, 0.15) is 5.00 Å². The second-order valence-corrected chi connectivity index (χ2v) is 9.14. The van der Waals surface area contributed by atoms with Crippen molar-refractivity contribution >= 4 is 38.2 Å². The predicted octanol–water partition coefficient (Wildman–Crippen LogP) is 2.82. The number of nitrogens with one attached hydrogen (secondary N) is 1. The first-order valence-corrected chi connectivity index (χ1v) is 10.0. The van der Waals surface area contributed by atoms with Gasteiger partial charge in [0.25, 0.3) is 5.91 Å². The molecule has 9 heteroatoms. The number of aryl methyl sites for hydroxylation is 1. The lowest BCUT2D eigenvalue weighted by atomic mass is 10.1. The van der Waals surface area contributed by atoms with Crippen LogP contribution < -0.4 is 5.32 Å². The van der Waals surface area contributed by atoms with E-state index >= 15 is 0 Å². The summed E-state index contributed by atoms with van der Waals surface area (Å²) < 4.78 is 25.2. The van der Waals surface area contributed by atoms with Crippen LogP contribution >= 0.6 is 11.3 Å². The van der Waals surface area contributed by atoms with Crippen molar-refractivity contribution in [1.82, 2.24) is 4.31 Å². The molecule has 1 amide bonds. The lowest BCUT2D eigenvalue weighted by Gasteiger charge is -2.11. The van der Waals surface area contributed by atoms with E-state index in [1.165, 1.54) is 49.7 Å². The Morgan fingerprint density at radius 1 is 1.19 bits per heavy atom. The zero-order valence-electron chi connectivity index (χ0n) is 14.9. The molecule has 2 aromatic rings. The first kappa shape index (κ1) is 20.1. The third-order valence-corrected chi connectivity index (χ3v) is 6.79. The average Bonchev–Trinajstić information content (AvgIpc) is 2.89. The van der Waals surface area contributed by atoms with Gasteiger partial charge in [-0.2, -0.15) is 0 Å². The van der Waals surface area contributed by atoms with Crippen molar-refractivity contribution in [2.75, 3.05) is 19.4 Å². The maximum absolute atomic E-state index is 12.4. The van der Waals surface area contributed by atoms with Crippen molar-refractivity contribution in [3.63, 3.8) is 0 Å². The highest BCUT2D eigenvalue weighted by Gasteiger charge is 2.23. The molecule has 0 aliphatic carbocycles. The highest BCUT2D eigenvalue weighted by Crippen LogP contribution is 2.33. The third-order valence-electron chi connectivity index (χ3n) is 3.90. The van der Waals surface area contributed by atoms with Gasteiger partial charge >= 0.3 is 5.97 Å². The average molecular weight is 396 g/mol. The summed E-state index contributed by atoms with van der Waals surface area (Å²) in [5, 5.41) is 12.3. The van der Waals surface area contributed by atoms with Crippen LogP contribution in [0.1, 0.15) is 38.1 Å². The van der Waals surface area contributed by atoms with Crippen LogP contribution in [-0.4, -0.2) is 43.8 Å². The number of rotatable bonds is 6. The highest BCUT2D eigenvalue weighted by molar-refractivity contribution is 7.89. The predicted molar refractivity (Wildman–Crippen MR) is 101 cm³/mol. The molecule has 7 nitrogen and oxygen atoms in total. The molecule has 2 rings (SSSR count). The van der Waals surface area contributed by atoms with E-state index in [4.69, 9.17) is 0 Å². The van der Waals surface area contributed by atoms with E-state index in [0.29, 0.717) is 12.0 Å². The molecule has 0 aliphatic rings. The number of amides is 1. The van der Waals surface area contributed by atoms with Crippen LogP contribution in [-0.2, 0) is 16.4 Å². The summed E-state index contributed by atoms with van der Waals surface area (Å²) in [4.78, 5) is 24.9. The van der Waals surface area contributed by atoms with E-state index in [-0.39, 0.29) is 21.0 Å². The zero-order valence-corrected chi connectivity index (χ0v) is 16.5. The molecule has 140 valence electrons. The van der Waals surface area contributed by atoms with Crippen molar-refractivity contribution in [1.29, 1.82) is 0 Å². The molecular formula is C17H20N2O5S2. The maximum atomic E-state index is 12.4. The van der Waals surface area contributed by atoms with Gasteiger partial charge in [-0.25, -0.2) is 17.5 Å². The second-order valence-electron chi connectivity index (χ2n) is 5.77. The number of carbonyl (C=O) groups excluding carboxylic acids is 1. The summed E-state index contributed by atoms with van der Waals surface area (Å²) in [6.07, 6.45) is 0.553. The fraction of sp³-hybridized carbons (Fsp3) is 0.294. The van der Waals surface area contributed by atoms with Crippen LogP contribution in [0.15, 0.2) is 29.2 Å². The van der Waals surface area contributed by atoms with E-state index < -0.39 is 21.9 Å². The SMILES string of the molecule is CCc1c(C)sc(NC(=O)c2ccc(S(=O)(=O)N(C)C)cc2)c1C(=O)O. The number of benzene rings is 1. The Morgan fingerprint density at radius 3 is 2.23 bits per heavy atom. The summed E-state index contributed by atoms with van der Waals surface area (Å²) >= 11 is 1.21. The number of hydrogen-bond acceptors (Lipinski definition) is 5. The summed E-state index contributed by atoms with van der Waals surface area (Å²) in [6.45, 7) is 3.67. The van der Waals surface area contributed by atoms with Crippen molar-refractivity contribution in [3.8, 4) is 0 Å². The molecule has 0 unspecified atom stereocenters. The molecule has 26 heavy (non-hydrogen) atoms. The summed E-state index contributed by atoms with van der Waals surface area (Å²) in [5.74, 6) is -1.58. The first-order valence-electron chi connectivity index (χ1n) is 7.79. The second kappa shape index (κ2) is 7.56. The highest BCUT2D eigenvalue weighted by atomic mass is 32.2. The van der Waals surface area contributed by atoms with Gasteiger partial charge in [-0.05, 0) is 43.2 Å². The van der Waals surface area contributed by atoms with Crippen molar-refractivity contribution < 1.29 is 23.1 Å². The Bertz CT molecular complexity index is 944. The number of carboxylic acid groups (broad SMARTS) is 1. The van der Waals surface area contributed by atoms with Gasteiger partial charge < -0.3 is 10.4 Å². The van der Waals surface area contributed by atoms with Crippen LogP contribution in [0.25, 0.3) is 0 Å². The normalized spacial score (nSPS) is 11.6. The molecule has 0 atom stereocenters. The van der Waals surface area contributed by atoms with Crippen LogP contribution in [0.3, 0.4) is 0 Å². The Balaban J connectivity index is 2.31. The smallest absolute Gasteiger partial charge is 0.339 e. The number of thiophene rings is 1. The van der Waals surface area contributed by atoms with Gasteiger partial charge in [-0.15, -0.1) is 11.3 Å². The van der Waals surface area contributed by atoms with Crippen molar-refractivity contribution in [2.45, 2.75) is 25.2 Å². The fourth-order valence-electron chi connectivity index (χ4n) is 2.48. The molecule has 0 saturated heterocycles. The molecule has 1 aromatic heterocycles. The van der Waals surface area contributed by atoms with Crippen LogP contribution in [0, 0.1) is 6.92 Å². The summed E-state index contributed by atoms with van der Waals surface area (Å²) in [6, 6.07) is 5.49. The monoisotopic (exact) mass is 396 g/mol. The minimum atomic E-state index is -3.58. The minimum absolute atomic E-state index is 0.0745. The molecule has 1 heterocycles. The van der Waals surface area contributed by atoms with Crippen LogP contribution in [0.5, 0.6) is 0 Å². The number of carbonyl (C=O) groups is 2. The minimum Gasteiger partial charge on any atom is -0.478 e. The topological polar surface area (TPSA) is 104 Å². The van der Waals surface area contributed by atoms with Gasteiger partial charge in [-0.3, -0.25) is 4.79 Å². The number of nitrogens with zero attached hydrogens (tertiary/aromatic N) is 1. The molecular weight excluding hydrogens is 376 g/mol. The Labute approximate surface area is 156 Å². The Hall–Kier alpha value is -2.23. The summed E-state index contributed by atoms with van der Waals surface area (Å²) in [5.41, 5.74) is 1.04. The van der Waals surface area contributed by atoms with Gasteiger partial charge in [-0.1, -0.05) is 6.92 Å². The molecule has 1 aromatic carbocycles. The van der Waals surface area contributed by atoms with Crippen LogP contribution in [0.2, 0.25) is 0 Å². The van der Waals surface area contributed by atoms with E-state index in [1.54, 1.807) is 0 Å². The van der Waals surface area contributed by atoms with Gasteiger partial charge in [0.15, 0.2) is 0 Å². The molecule has 0 radical (unpaired) electrons. The lowest BCUT2D eigenvalue weighted by Crippen LogP contribution is -2.22. The largest absolute Gasteiger partial charge is 0.478 e. The zero-order chi connectivity index (χ0) is 19.6. The maximum Gasteiger partial charge on any atom is 0.339 e. The third kappa shape index (κ3) is 3.79. The van der Waals surface area contributed by atoms with Gasteiger partial charge in [0.2, 0.25) is 10.0 Å². The Morgan fingerprint density at radius 2 is 1.77 bits per heavy atom. The number of sulfonamides is 1. The summed E-state index contributed by atoms with van der Waals surface area (Å²) in [7, 11) is -0.727. The molecule has 0 aliphatic heterocycles. The number of carboxylic acids is 1. The van der Waals surface area contributed by atoms with E-state index in [1.807, 2.05) is 13.8 Å². The van der Waals surface area contributed by atoms with Crippen molar-refractivity contribution in [3.05, 3.63) is 45.8 Å². The van der Waals surface area contributed by atoms with E-state index in [9.17, 15) is 23.1 Å². The van der Waals surface area contributed by atoms with Crippen molar-refractivity contribution in [2.24, 2.45) is 0 Å². The lowest BCUT2D eigenvalue weighted by molar-refractivity contribution is 0.0697. The molecule has 0 saturated carbocycles. The van der Waals surface area contributed by atoms with E-state index in [0.717, 1.165) is 9.18 Å². The number of aromatic carboxylic acids is 1. The Kier molecular flexibility index (Phi) is 5.84. The number of anilines is 1. The first-order chi connectivity index (χ1) is 12.1. The van der Waals surface area contributed by atoms with Gasteiger partial charge in [0, 0.05) is 24.5 Å².